The zero-order chi connectivity index (χ0) is 25.9. The zero-order valence-electron chi connectivity index (χ0n) is 21.2. The number of hydrogen-bond acceptors (Lipinski definition) is 5. The number of nitrogens with one attached hydrogen (secondary N) is 1. The zero-order valence-corrected chi connectivity index (χ0v) is 22.0. The molecule has 3 aromatic rings. The summed E-state index contributed by atoms with van der Waals surface area (Å²) in [5.74, 6) is 0.0352. The Bertz CT molecular complexity index is 1360. The Morgan fingerprint density at radius 2 is 1.74 bits per heavy atom. The van der Waals surface area contributed by atoms with E-state index in [4.69, 9.17) is 4.74 Å². The van der Waals surface area contributed by atoms with Crippen molar-refractivity contribution in [1.82, 2.24) is 9.99 Å². The van der Waals surface area contributed by atoms with Gasteiger partial charge in [-0.3, -0.25) is 9.10 Å². The molecule has 1 amide bonds. The fourth-order valence-electron chi connectivity index (χ4n) is 4.14. The molecule has 0 saturated heterocycles. The minimum absolute atomic E-state index is 0.358. The number of hydrazone groups is 1. The first-order valence-corrected chi connectivity index (χ1v) is 13.0. The summed E-state index contributed by atoms with van der Waals surface area (Å²) in [5, 5.41) is 4.11. The second kappa shape index (κ2) is 10.4. The lowest BCUT2D eigenvalue weighted by Crippen LogP contribution is -2.46. The van der Waals surface area contributed by atoms with Crippen LogP contribution >= 0.6 is 0 Å². The van der Waals surface area contributed by atoms with Crippen LogP contribution in [0.2, 0.25) is 0 Å². The third-order valence-electron chi connectivity index (χ3n) is 5.86. The van der Waals surface area contributed by atoms with Crippen molar-refractivity contribution in [2.75, 3.05) is 17.7 Å². The number of benzene rings is 2. The molecule has 1 N–H and O–H groups in total. The van der Waals surface area contributed by atoms with E-state index in [9.17, 15) is 13.2 Å². The van der Waals surface area contributed by atoms with Gasteiger partial charge in [0.1, 0.15) is 11.8 Å². The molecule has 1 atom stereocenters. The van der Waals surface area contributed by atoms with E-state index in [0.29, 0.717) is 11.4 Å². The Labute approximate surface area is 207 Å². The number of rotatable bonds is 8. The summed E-state index contributed by atoms with van der Waals surface area (Å²) in [5.41, 5.74) is 9.17. The summed E-state index contributed by atoms with van der Waals surface area (Å²) in [6.07, 6.45) is 2.64. The van der Waals surface area contributed by atoms with Crippen molar-refractivity contribution in [1.29, 1.82) is 0 Å². The second-order valence-electron chi connectivity index (χ2n) is 8.62. The molecule has 3 rings (SSSR count). The van der Waals surface area contributed by atoms with Crippen LogP contribution in [0.25, 0.3) is 5.69 Å². The van der Waals surface area contributed by atoms with E-state index >= 15 is 0 Å². The molecule has 1 aromatic heterocycles. The number of carbonyl (C=O) groups excluding carboxylic acids is 1. The molecule has 2 aromatic carbocycles. The molecule has 0 radical (unpaired) electrons. The number of hydrogen-bond donors (Lipinski definition) is 1. The third-order valence-corrected chi connectivity index (χ3v) is 7.10. The first-order valence-electron chi connectivity index (χ1n) is 11.2. The quantitative estimate of drug-likeness (QED) is 0.377. The van der Waals surface area contributed by atoms with Gasteiger partial charge in [0, 0.05) is 22.6 Å². The van der Waals surface area contributed by atoms with Crippen LogP contribution in [-0.2, 0) is 14.8 Å². The van der Waals surface area contributed by atoms with Gasteiger partial charge in [0.05, 0.1) is 25.3 Å². The first-order chi connectivity index (χ1) is 16.4. The smallest absolute Gasteiger partial charge is 0.263 e. The molecule has 0 aliphatic rings. The van der Waals surface area contributed by atoms with E-state index in [1.165, 1.54) is 19.6 Å². The Hall–Kier alpha value is -3.59. The molecule has 9 heteroatoms. The molecule has 1 unspecified atom stereocenters. The van der Waals surface area contributed by atoms with Gasteiger partial charge >= 0.3 is 0 Å². The predicted octanol–water partition coefficient (Wildman–Crippen LogP) is 4.02. The molecule has 0 bridgehead atoms. The highest BCUT2D eigenvalue weighted by Gasteiger charge is 2.29. The highest BCUT2D eigenvalue weighted by Crippen LogP contribution is 2.25. The summed E-state index contributed by atoms with van der Waals surface area (Å²) in [6.45, 7) is 9.67. The topological polar surface area (TPSA) is 93.0 Å². The molecule has 0 aliphatic heterocycles. The van der Waals surface area contributed by atoms with Gasteiger partial charge in [-0.1, -0.05) is 17.7 Å². The number of carbonyl (C=O) groups is 1. The van der Waals surface area contributed by atoms with Crippen LogP contribution in [0, 0.1) is 27.7 Å². The van der Waals surface area contributed by atoms with Crippen molar-refractivity contribution >= 4 is 27.8 Å². The van der Waals surface area contributed by atoms with Gasteiger partial charge in [-0.05, 0) is 76.6 Å². The van der Waals surface area contributed by atoms with E-state index in [0.717, 1.165) is 38.8 Å². The Morgan fingerprint density at radius 3 is 2.31 bits per heavy atom. The molecular weight excluding hydrogens is 464 g/mol. The maximum absolute atomic E-state index is 12.8. The number of sulfonamides is 1. The number of amides is 1. The standard InChI is InChI=1S/C26H32N4O4S/c1-17-8-13-25(18(2)14-17)29-19(3)15-22(20(29)4)16-27-28-26(31)21(5)30(35(7,32)33)23-9-11-24(34-6)12-10-23/h8-16,21H,1-7H3,(H,28,31)/b27-16+. The normalized spacial score (nSPS) is 12.5. The number of methoxy groups -OCH3 is 1. The fraction of sp³-hybridized carbons (Fsp3) is 0.308. The van der Waals surface area contributed by atoms with Crippen molar-refractivity contribution in [3.63, 3.8) is 0 Å². The number of aromatic nitrogens is 1. The van der Waals surface area contributed by atoms with Crippen molar-refractivity contribution in [3.05, 3.63) is 76.6 Å². The molecule has 1 heterocycles. The molecular formula is C26H32N4O4S. The van der Waals surface area contributed by atoms with E-state index in [1.54, 1.807) is 30.5 Å². The maximum atomic E-state index is 12.8. The van der Waals surface area contributed by atoms with Crippen LogP contribution in [0.1, 0.15) is 35.0 Å². The average Bonchev–Trinajstić information content (AvgIpc) is 3.06. The number of anilines is 1. The van der Waals surface area contributed by atoms with Gasteiger partial charge in [0.2, 0.25) is 10.0 Å². The first kappa shape index (κ1) is 26.0. The minimum Gasteiger partial charge on any atom is -0.497 e. The summed E-state index contributed by atoms with van der Waals surface area (Å²) < 4.78 is 33.3. The average molecular weight is 497 g/mol. The molecule has 0 fully saturated rings. The monoisotopic (exact) mass is 496 g/mol. The lowest BCUT2D eigenvalue weighted by Gasteiger charge is -2.27. The van der Waals surface area contributed by atoms with Crippen LogP contribution in [0.15, 0.2) is 53.6 Å². The van der Waals surface area contributed by atoms with Crippen molar-refractivity contribution < 1.29 is 17.9 Å². The molecule has 186 valence electrons. The largest absolute Gasteiger partial charge is 0.497 e. The molecule has 0 aliphatic carbocycles. The van der Waals surface area contributed by atoms with Crippen LogP contribution < -0.4 is 14.5 Å². The minimum atomic E-state index is -3.73. The lowest BCUT2D eigenvalue weighted by molar-refractivity contribution is -0.121. The van der Waals surface area contributed by atoms with Gasteiger partial charge in [-0.2, -0.15) is 5.10 Å². The number of aryl methyl sites for hydroxylation is 3. The van der Waals surface area contributed by atoms with Crippen molar-refractivity contribution in [3.8, 4) is 11.4 Å². The Morgan fingerprint density at radius 1 is 1.09 bits per heavy atom. The van der Waals surface area contributed by atoms with Gasteiger partial charge in [0.15, 0.2) is 0 Å². The van der Waals surface area contributed by atoms with Gasteiger partial charge in [-0.15, -0.1) is 0 Å². The van der Waals surface area contributed by atoms with E-state index in [2.05, 4.69) is 47.1 Å². The molecule has 0 spiro atoms. The van der Waals surface area contributed by atoms with E-state index in [1.807, 2.05) is 19.9 Å². The highest BCUT2D eigenvalue weighted by atomic mass is 32.2. The van der Waals surface area contributed by atoms with E-state index in [-0.39, 0.29) is 0 Å². The number of ether oxygens (including phenoxy) is 1. The van der Waals surface area contributed by atoms with Crippen LogP contribution in [-0.4, -0.2) is 44.5 Å². The van der Waals surface area contributed by atoms with Gasteiger partial charge in [0.25, 0.3) is 5.91 Å². The summed E-state index contributed by atoms with van der Waals surface area (Å²) in [6, 6.07) is 13.8. The van der Waals surface area contributed by atoms with Crippen LogP contribution in [0.3, 0.4) is 0 Å². The fourth-order valence-corrected chi connectivity index (χ4v) is 5.32. The van der Waals surface area contributed by atoms with Gasteiger partial charge < -0.3 is 9.30 Å². The Balaban J connectivity index is 1.80. The van der Waals surface area contributed by atoms with Gasteiger partial charge in [-0.25, -0.2) is 13.8 Å². The predicted molar refractivity (Wildman–Crippen MR) is 140 cm³/mol. The van der Waals surface area contributed by atoms with Crippen LogP contribution in [0.5, 0.6) is 5.75 Å². The van der Waals surface area contributed by atoms with Crippen molar-refractivity contribution in [2.24, 2.45) is 5.10 Å². The van der Waals surface area contributed by atoms with Crippen LogP contribution in [0.4, 0.5) is 5.69 Å². The Kier molecular flexibility index (Phi) is 7.70. The molecule has 8 nitrogen and oxygen atoms in total. The van der Waals surface area contributed by atoms with E-state index < -0.39 is 22.0 Å². The highest BCUT2D eigenvalue weighted by molar-refractivity contribution is 7.92. The van der Waals surface area contributed by atoms with Crippen molar-refractivity contribution in [2.45, 2.75) is 40.7 Å². The third kappa shape index (κ3) is 5.74. The number of nitrogens with zero attached hydrogens (tertiary/aromatic N) is 3. The maximum Gasteiger partial charge on any atom is 0.263 e. The SMILES string of the molecule is COc1ccc(N(C(C)C(=O)N/N=C/c2cc(C)n(-c3ccc(C)cc3C)c2C)S(C)(=O)=O)cc1. The summed E-state index contributed by atoms with van der Waals surface area (Å²) in [7, 11) is -2.20. The molecule has 0 saturated carbocycles. The molecule has 35 heavy (non-hydrogen) atoms. The summed E-state index contributed by atoms with van der Waals surface area (Å²) >= 11 is 0. The summed E-state index contributed by atoms with van der Waals surface area (Å²) in [4.78, 5) is 12.8. The second-order valence-corrected chi connectivity index (χ2v) is 10.5. The lowest BCUT2D eigenvalue weighted by atomic mass is 10.1.